The minimum atomic E-state index is 0.842. The summed E-state index contributed by atoms with van der Waals surface area (Å²) in [5, 5.41) is 0. The predicted octanol–water partition coefficient (Wildman–Crippen LogP) is 5.14. The van der Waals surface area contributed by atoms with Gasteiger partial charge in [-0.3, -0.25) is 4.98 Å². The van der Waals surface area contributed by atoms with Crippen molar-refractivity contribution in [2.45, 2.75) is 73.1 Å². The molecule has 0 radical (unpaired) electrons. The quantitative estimate of drug-likeness (QED) is 0.707. The van der Waals surface area contributed by atoms with Crippen molar-refractivity contribution in [2.75, 3.05) is 0 Å². The van der Waals surface area contributed by atoms with Crippen LogP contribution in [0.1, 0.15) is 77.1 Å². The summed E-state index contributed by atoms with van der Waals surface area (Å²) < 4.78 is 0. The number of aromatic nitrogens is 1. The van der Waals surface area contributed by atoms with Crippen molar-refractivity contribution in [3.05, 3.63) is 29.1 Å². The fourth-order valence-corrected chi connectivity index (χ4v) is 1.79. The second-order valence-corrected chi connectivity index (χ2v) is 3.86. The number of nitrogens with zero attached hydrogens (tertiary/aromatic N) is 1. The highest BCUT2D eigenvalue weighted by Gasteiger charge is 2.26. The maximum absolute atomic E-state index is 4.53. The van der Waals surface area contributed by atoms with Crippen LogP contribution in [0.5, 0.6) is 0 Å². The van der Waals surface area contributed by atoms with Gasteiger partial charge in [0, 0.05) is 11.9 Å². The van der Waals surface area contributed by atoms with Crippen LogP contribution in [0.4, 0.5) is 0 Å². The molecule has 1 heterocycles. The summed E-state index contributed by atoms with van der Waals surface area (Å²) in [4.78, 5) is 4.53. The molecule has 1 aliphatic carbocycles. The molecule has 1 heteroatoms. The van der Waals surface area contributed by atoms with Gasteiger partial charge in [0.25, 0.3) is 0 Å². The molecule has 1 fully saturated rings. The van der Waals surface area contributed by atoms with Crippen LogP contribution in [0.25, 0.3) is 0 Å². The smallest absolute Gasteiger partial charge is 0.0435 e. The first-order valence-electron chi connectivity index (χ1n) is 7.32. The third-order valence-corrected chi connectivity index (χ3v) is 2.82. The topological polar surface area (TPSA) is 12.9 Å². The van der Waals surface area contributed by atoms with Gasteiger partial charge in [-0.2, -0.15) is 0 Å². The third kappa shape index (κ3) is 4.89. The van der Waals surface area contributed by atoms with Crippen molar-refractivity contribution in [1.82, 2.24) is 4.98 Å². The molecule has 1 nitrogen and oxygen atoms in total. The van der Waals surface area contributed by atoms with Crippen molar-refractivity contribution in [3.63, 3.8) is 0 Å². The minimum absolute atomic E-state index is 0.842. The molecule has 1 aromatic heterocycles. The normalized spacial score (nSPS) is 13.1. The molecule has 0 unspecified atom stereocenters. The number of pyridine rings is 1. The van der Waals surface area contributed by atoms with Crippen molar-refractivity contribution in [1.29, 1.82) is 0 Å². The maximum Gasteiger partial charge on any atom is 0.0435 e. The van der Waals surface area contributed by atoms with E-state index >= 15 is 0 Å². The lowest BCUT2D eigenvalue weighted by molar-refractivity contribution is 0.936. The summed E-state index contributed by atoms with van der Waals surface area (Å²) in [6.45, 7) is 12.4. The van der Waals surface area contributed by atoms with Gasteiger partial charge in [0.2, 0.25) is 0 Å². The van der Waals surface area contributed by atoms with E-state index in [1.807, 2.05) is 33.9 Å². The van der Waals surface area contributed by atoms with Gasteiger partial charge < -0.3 is 0 Å². The summed E-state index contributed by atoms with van der Waals surface area (Å²) in [5.74, 6) is 0.842. The number of hydrogen-bond acceptors (Lipinski definition) is 1. The summed E-state index contributed by atoms with van der Waals surface area (Å²) in [7, 11) is 0. The summed E-state index contributed by atoms with van der Waals surface area (Å²) in [6, 6.07) is 2.36. The van der Waals surface area contributed by atoms with Gasteiger partial charge in [-0.1, -0.05) is 47.6 Å². The Kier molecular flexibility index (Phi) is 8.75. The molecule has 1 aliphatic rings. The molecule has 98 valence electrons. The Labute approximate surface area is 108 Å². The van der Waals surface area contributed by atoms with Crippen LogP contribution in [0, 0.1) is 0 Å². The van der Waals surface area contributed by atoms with Crippen molar-refractivity contribution >= 4 is 0 Å². The highest BCUT2D eigenvalue weighted by molar-refractivity contribution is 5.31. The molecular weight excluding hydrogens is 206 g/mol. The Morgan fingerprint density at radius 2 is 1.65 bits per heavy atom. The SMILES string of the molecule is CC.CC.CCc1cnc(CC)c(C2CC2)c1. The third-order valence-electron chi connectivity index (χ3n) is 2.82. The van der Waals surface area contributed by atoms with Gasteiger partial charge in [-0.15, -0.1) is 0 Å². The molecule has 0 saturated heterocycles. The lowest BCUT2D eigenvalue weighted by Gasteiger charge is -2.07. The Morgan fingerprint density at radius 1 is 1.06 bits per heavy atom. The van der Waals surface area contributed by atoms with E-state index < -0.39 is 0 Å². The van der Waals surface area contributed by atoms with Gasteiger partial charge in [-0.05, 0) is 42.7 Å². The number of aryl methyl sites for hydroxylation is 2. The van der Waals surface area contributed by atoms with Crippen molar-refractivity contribution < 1.29 is 0 Å². The molecule has 0 aromatic carbocycles. The van der Waals surface area contributed by atoms with Gasteiger partial charge in [0.15, 0.2) is 0 Å². The van der Waals surface area contributed by atoms with Crippen LogP contribution in [0.15, 0.2) is 12.3 Å². The maximum atomic E-state index is 4.53. The minimum Gasteiger partial charge on any atom is -0.261 e. The molecule has 0 N–H and O–H groups in total. The van der Waals surface area contributed by atoms with E-state index in [1.165, 1.54) is 29.7 Å². The van der Waals surface area contributed by atoms with E-state index in [2.05, 4.69) is 24.9 Å². The van der Waals surface area contributed by atoms with Crippen LogP contribution >= 0.6 is 0 Å². The fourth-order valence-electron chi connectivity index (χ4n) is 1.79. The van der Waals surface area contributed by atoms with E-state index in [0.717, 1.165) is 18.8 Å². The first-order chi connectivity index (χ1) is 8.35. The number of rotatable bonds is 3. The highest BCUT2D eigenvalue weighted by atomic mass is 14.7. The van der Waals surface area contributed by atoms with Crippen LogP contribution in [0.2, 0.25) is 0 Å². The molecule has 17 heavy (non-hydrogen) atoms. The molecule has 0 atom stereocenters. The molecule has 1 aromatic rings. The van der Waals surface area contributed by atoms with E-state index in [-0.39, 0.29) is 0 Å². The zero-order valence-electron chi connectivity index (χ0n) is 12.5. The second-order valence-electron chi connectivity index (χ2n) is 3.86. The van der Waals surface area contributed by atoms with Crippen LogP contribution in [-0.4, -0.2) is 4.98 Å². The predicted molar refractivity (Wildman–Crippen MR) is 77.7 cm³/mol. The molecule has 0 aliphatic heterocycles. The Morgan fingerprint density at radius 3 is 2.06 bits per heavy atom. The Bertz CT molecular complexity index is 300. The zero-order valence-corrected chi connectivity index (χ0v) is 12.5. The van der Waals surface area contributed by atoms with Crippen molar-refractivity contribution in [3.8, 4) is 0 Å². The first kappa shape index (κ1) is 16.1. The molecule has 0 amide bonds. The molecular formula is C16H29N. The average Bonchev–Trinajstić information content (AvgIpc) is 3.27. The fraction of sp³-hybridized carbons (Fsp3) is 0.688. The van der Waals surface area contributed by atoms with Gasteiger partial charge in [0.1, 0.15) is 0 Å². The largest absolute Gasteiger partial charge is 0.261 e. The van der Waals surface area contributed by atoms with E-state index in [9.17, 15) is 0 Å². The van der Waals surface area contributed by atoms with Crippen molar-refractivity contribution in [2.24, 2.45) is 0 Å². The monoisotopic (exact) mass is 235 g/mol. The zero-order chi connectivity index (χ0) is 13.3. The second kappa shape index (κ2) is 9.21. The molecule has 0 bridgehead atoms. The summed E-state index contributed by atoms with van der Waals surface area (Å²) >= 11 is 0. The first-order valence-corrected chi connectivity index (χ1v) is 7.32. The summed E-state index contributed by atoms with van der Waals surface area (Å²) in [6.07, 6.45) is 6.97. The molecule has 0 spiro atoms. The molecule has 2 rings (SSSR count). The van der Waals surface area contributed by atoms with Gasteiger partial charge in [0.05, 0.1) is 0 Å². The lowest BCUT2D eigenvalue weighted by Crippen LogP contribution is -1.96. The van der Waals surface area contributed by atoms with E-state index in [0.29, 0.717) is 0 Å². The standard InChI is InChI=1S/C12H17N.2C2H6/c1-3-9-7-11(10-5-6-10)12(4-2)13-8-9;2*1-2/h7-8,10H,3-6H2,1-2H3;2*1-2H3. The van der Waals surface area contributed by atoms with Crippen LogP contribution < -0.4 is 0 Å². The number of hydrogen-bond donors (Lipinski definition) is 0. The van der Waals surface area contributed by atoms with Crippen LogP contribution in [-0.2, 0) is 12.8 Å². The lowest BCUT2D eigenvalue weighted by atomic mass is 10.0. The Hall–Kier alpha value is -0.850. The average molecular weight is 235 g/mol. The van der Waals surface area contributed by atoms with Gasteiger partial charge in [-0.25, -0.2) is 0 Å². The highest BCUT2D eigenvalue weighted by Crippen LogP contribution is 2.41. The van der Waals surface area contributed by atoms with Gasteiger partial charge >= 0.3 is 0 Å². The van der Waals surface area contributed by atoms with E-state index in [4.69, 9.17) is 0 Å². The summed E-state index contributed by atoms with van der Waals surface area (Å²) in [5.41, 5.74) is 4.24. The van der Waals surface area contributed by atoms with E-state index in [1.54, 1.807) is 0 Å². The molecule has 1 saturated carbocycles. The Balaban J connectivity index is 0.000000581. The van der Waals surface area contributed by atoms with Crippen LogP contribution in [0.3, 0.4) is 0 Å².